The lowest BCUT2D eigenvalue weighted by Gasteiger charge is -2.05. The van der Waals surface area contributed by atoms with Gasteiger partial charge in [0, 0.05) is 23.8 Å². The van der Waals surface area contributed by atoms with E-state index in [0.717, 1.165) is 22.7 Å². The Hall–Kier alpha value is -3.78. The fourth-order valence-corrected chi connectivity index (χ4v) is 4.16. The summed E-state index contributed by atoms with van der Waals surface area (Å²) in [6.07, 6.45) is 3.14. The van der Waals surface area contributed by atoms with Crippen molar-refractivity contribution < 1.29 is 29.5 Å². The monoisotopic (exact) mass is 480 g/mol. The van der Waals surface area contributed by atoms with Gasteiger partial charge in [0.15, 0.2) is 0 Å². The molecule has 170 valence electrons. The lowest BCUT2D eigenvalue weighted by Crippen LogP contribution is -2.25. The molecule has 12 nitrogen and oxygen atoms in total. The van der Waals surface area contributed by atoms with Gasteiger partial charge in [0.1, 0.15) is 14.2 Å². The summed E-state index contributed by atoms with van der Waals surface area (Å²) >= 11 is 2.29. The van der Waals surface area contributed by atoms with E-state index in [9.17, 15) is 19.8 Å². The van der Waals surface area contributed by atoms with Gasteiger partial charge < -0.3 is 29.0 Å². The zero-order chi connectivity index (χ0) is 23.7. The maximum atomic E-state index is 11.5. The first-order valence-electron chi connectivity index (χ1n) is 8.75. The summed E-state index contributed by atoms with van der Waals surface area (Å²) in [4.78, 5) is 33.1. The van der Waals surface area contributed by atoms with Gasteiger partial charge in [-0.05, 0) is 0 Å². The largest absolute Gasteiger partial charge is 0.476 e. The number of aliphatic carboxylic acids is 2. The Morgan fingerprint density at radius 2 is 1.28 bits per heavy atom. The highest BCUT2D eigenvalue weighted by atomic mass is 32.1. The molecule has 2 rings (SSSR count). The maximum Gasteiger partial charge on any atom is 0.360 e. The van der Waals surface area contributed by atoms with Gasteiger partial charge in [0.2, 0.25) is 21.0 Å². The summed E-state index contributed by atoms with van der Waals surface area (Å²) in [6, 6.07) is 0. The minimum Gasteiger partial charge on any atom is -0.476 e. The zero-order valence-corrected chi connectivity index (χ0v) is 18.8. The Labute approximate surface area is 189 Å². The van der Waals surface area contributed by atoms with Gasteiger partial charge >= 0.3 is 11.9 Å². The molecule has 2 aromatic rings. The summed E-state index contributed by atoms with van der Waals surface area (Å²) in [5, 5.41) is 37.6. The number of aromatic nitrogens is 2. The van der Waals surface area contributed by atoms with E-state index in [1.165, 1.54) is 14.2 Å². The molecule has 0 bridgehead atoms. The average molecular weight is 481 g/mol. The number of carbonyl (C=O) groups is 2. The number of carboxylic acids is 2. The topological polar surface area (TPSA) is 152 Å². The summed E-state index contributed by atoms with van der Waals surface area (Å²) < 4.78 is 3.13. The first kappa shape index (κ1) is 24.5. The van der Waals surface area contributed by atoms with Gasteiger partial charge in [-0.1, -0.05) is 22.5 Å². The Kier molecular flexibility index (Phi) is 8.85. The minimum absolute atomic E-state index is 0.245. The van der Waals surface area contributed by atoms with E-state index >= 15 is 0 Å². The molecular weight excluding hydrogens is 460 g/mol. The van der Waals surface area contributed by atoms with Crippen LogP contribution in [0.3, 0.4) is 0 Å². The molecule has 0 fully saturated rings. The molecule has 0 saturated heterocycles. The molecule has 2 aromatic heterocycles. The zero-order valence-electron chi connectivity index (χ0n) is 17.2. The fraction of sp³-hybridized carbons (Fsp3) is 0.222. The predicted molar refractivity (Wildman–Crippen MR) is 119 cm³/mol. The number of thiazole rings is 2. The van der Waals surface area contributed by atoms with Crippen LogP contribution >= 0.6 is 22.7 Å². The third kappa shape index (κ3) is 5.47. The molecule has 0 atom stereocenters. The van der Waals surface area contributed by atoms with Gasteiger partial charge in [-0.2, -0.15) is 0 Å². The number of hydrogen-bond donors (Lipinski definition) is 2. The van der Waals surface area contributed by atoms with Gasteiger partial charge in [-0.3, -0.25) is 0 Å². The van der Waals surface area contributed by atoms with Crippen molar-refractivity contribution in [2.24, 2.45) is 20.5 Å². The lowest BCUT2D eigenvalue weighted by molar-refractivity contribution is -0.130. The van der Waals surface area contributed by atoms with Crippen LogP contribution in [0.4, 0.5) is 0 Å². The highest BCUT2D eigenvalue weighted by molar-refractivity contribution is 7.07. The van der Waals surface area contributed by atoms with Gasteiger partial charge in [0.05, 0.1) is 11.4 Å². The van der Waals surface area contributed by atoms with Crippen LogP contribution in [0.15, 0.2) is 56.6 Å². The van der Waals surface area contributed by atoms with Crippen molar-refractivity contribution in [3.8, 4) is 0 Å². The Morgan fingerprint density at radius 3 is 1.56 bits per heavy atom. The Bertz CT molecular complexity index is 1120. The van der Waals surface area contributed by atoms with E-state index in [1.54, 1.807) is 32.0 Å². The van der Waals surface area contributed by atoms with Crippen molar-refractivity contribution in [3.05, 3.63) is 57.1 Å². The molecule has 0 unspecified atom stereocenters. The third-order valence-electron chi connectivity index (χ3n) is 3.70. The highest BCUT2D eigenvalue weighted by Gasteiger charge is 2.20. The standard InChI is InChI=1S/C18H20N6O6S2/c1-5-7-23-11(13(15(25)26)21-29-3)9-31-17(23)19-20-18-24(8-6-2)12(10-32-18)14(16(27)28)22-30-4/h5-6,9-10H,1-2,7-8H2,3-4H3,(H,25,26)(H,27,28). The van der Waals surface area contributed by atoms with Crippen molar-refractivity contribution >= 4 is 46.0 Å². The summed E-state index contributed by atoms with van der Waals surface area (Å²) in [5.74, 6) is -2.53. The second-order valence-electron chi connectivity index (χ2n) is 5.66. The molecule has 14 heteroatoms. The van der Waals surface area contributed by atoms with Gasteiger partial charge in [0.25, 0.3) is 0 Å². The molecular formula is C18H20N6O6S2. The van der Waals surface area contributed by atoms with Crippen molar-refractivity contribution in [1.82, 2.24) is 9.13 Å². The van der Waals surface area contributed by atoms with Crippen molar-refractivity contribution in [1.29, 1.82) is 0 Å². The average Bonchev–Trinajstić information content (AvgIpc) is 3.33. The number of carboxylic acid groups (broad SMARTS) is 2. The van der Waals surface area contributed by atoms with Crippen LogP contribution in [-0.4, -0.2) is 56.9 Å². The van der Waals surface area contributed by atoms with E-state index in [-0.39, 0.29) is 35.9 Å². The van der Waals surface area contributed by atoms with Crippen LogP contribution in [0.25, 0.3) is 0 Å². The molecule has 0 aliphatic carbocycles. The van der Waals surface area contributed by atoms with E-state index < -0.39 is 11.9 Å². The number of nitrogens with zero attached hydrogens (tertiary/aromatic N) is 6. The van der Waals surface area contributed by atoms with Crippen LogP contribution in [0.2, 0.25) is 0 Å². The first-order chi connectivity index (χ1) is 15.4. The molecule has 0 aliphatic heterocycles. The third-order valence-corrected chi connectivity index (χ3v) is 5.40. The van der Waals surface area contributed by atoms with Gasteiger partial charge in [-0.25, -0.2) is 9.59 Å². The molecule has 0 aromatic carbocycles. The molecule has 2 N–H and O–H groups in total. The van der Waals surface area contributed by atoms with Crippen LogP contribution in [0.5, 0.6) is 0 Å². The Morgan fingerprint density at radius 1 is 0.906 bits per heavy atom. The summed E-state index contributed by atoms with van der Waals surface area (Å²) in [6.45, 7) is 7.85. The normalized spacial score (nSPS) is 13.2. The van der Waals surface area contributed by atoms with E-state index in [2.05, 4.69) is 43.3 Å². The SMILES string of the molecule is C=CCn1c(C(=NOC)C(=O)O)csc1=NN=c1scc(C(=NOC)C(=O)O)n1CC=C. The fourth-order valence-electron chi connectivity index (χ4n) is 2.47. The molecule has 0 radical (unpaired) electrons. The van der Waals surface area contributed by atoms with Crippen LogP contribution in [0, 0.1) is 0 Å². The second-order valence-corrected chi connectivity index (χ2v) is 7.33. The van der Waals surface area contributed by atoms with Crippen LogP contribution in [0.1, 0.15) is 11.4 Å². The lowest BCUT2D eigenvalue weighted by atomic mass is 10.3. The quantitative estimate of drug-likeness (QED) is 0.279. The highest BCUT2D eigenvalue weighted by Crippen LogP contribution is 2.08. The van der Waals surface area contributed by atoms with E-state index in [4.69, 9.17) is 0 Å². The predicted octanol–water partition coefficient (Wildman–Crippen LogP) is 1.07. The molecule has 0 spiro atoms. The summed E-state index contributed by atoms with van der Waals surface area (Å²) in [7, 11) is 2.50. The number of rotatable bonds is 11. The number of oxime groups is 2. The molecule has 0 aliphatic rings. The molecule has 0 amide bonds. The molecule has 2 heterocycles. The van der Waals surface area contributed by atoms with Crippen LogP contribution < -0.4 is 9.60 Å². The smallest absolute Gasteiger partial charge is 0.360 e. The summed E-state index contributed by atoms with van der Waals surface area (Å²) in [5.41, 5.74) is -0.0584. The van der Waals surface area contributed by atoms with Crippen molar-refractivity contribution in [2.75, 3.05) is 14.2 Å². The van der Waals surface area contributed by atoms with E-state index in [1.807, 2.05) is 0 Å². The van der Waals surface area contributed by atoms with Crippen molar-refractivity contribution in [2.45, 2.75) is 13.1 Å². The molecule has 32 heavy (non-hydrogen) atoms. The number of hydrogen-bond acceptors (Lipinski definition) is 10. The van der Waals surface area contributed by atoms with E-state index in [0.29, 0.717) is 9.60 Å². The maximum absolute atomic E-state index is 11.5. The van der Waals surface area contributed by atoms with Crippen LogP contribution in [-0.2, 0) is 32.4 Å². The first-order valence-corrected chi connectivity index (χ1v) is 10.5. The van der Waals surface area contributed by atoms with Crippen molar-refractivity contribution in [3.63, 3.8) is 0 Å². The van der Waals surface area contributed by atoms with Gasteiger partial charge in [-0.15, -0.1) is 46.0 Å². The Balaban J connectivity index is 2.70. The number of allylic oxidation sites excluding steroid dienone is 2. The molecule has 0 saturated carbocycles. The minimum atomic E-state index is -1.27. The second kappa shape index (κ2) is 11.6.